The molecule has 0 bridgehead atoms. The first-order valence-corrected chi connectivity index (χ1v) is 10.5. The third-order valence-electron chi connectivity index (χ3n) is 3.85. The van der Waals surface area contributed by atoms with Gasteiger partial charge in [0.15, 0.2) is 9.84 Å². The van der Waals surface area contributed by atoms with Crippen LogP contribution in [0.1, 0.15) is 44.4 Å². The Balaban J connectivity index is 2.43. The fourth-order valence-electron chi connectivity index (χ4n) is 2.67. The van der Waals surface area contributed by atoms with E-state index in [1.165, 1.54) is 24.3 Å². The molecule has 0 aromatic heterocycles. The number of hydrogen-bond donors (Lipinski definition) is 0. The zero-order valence-corrected chi connectivity index (χ0v) is 17.3. The van der Waals surface area contributed by atoms with E-state index in [0.29, 0.717) is 5.02 Å². The minimum absolute atomic E-state index is 0.102. The van der Waals surface area contributed by atoms with E-state index in [4.69, 9.17) is 16.3 Å². The van der Waals surface area contributed by atoms with Crippen molar-refractivity contribution in [3.05, 3.63) is 64.7 Å². The van der Waals surface area contributed by atoms with E-state index >= 15 is 0 Å². The van der Waals surface area contributed by atoms with Gasteiger partial charge in [0.2, 0.25) is 0 Å². The summed E-state index contributed by atoms with van der Waals surface area (Å²) in [6.45, 7) is 5.04. The molecule has 0 radical (unpaired) electrons. The average Bonchev–Trinajstić information content (AvgIpc) is 2.56. The van der Waals surface area contributed by atoms with Crippen LogP contribution in [0.25, 0.3) is 0 Å². The van der Waals surface area contributed by atoms with E-state index in [2.05, 4.69) is 0 Å². The van der Waals surface area contributed by atoms with Gasteiger partial charge in [-0.15, -0.1) is 0 Å². The van der Waals surface area contributed by atoms with Crippen LogP contribution in [-0.4, -0.2) is 20.0 Å². The molecule has 0 heterocycles. The first kappa shape index (κ1) is 22.3. The lowest BCUT2D eigenvalue weighted by Gasteiger charge is -2.22. The Bertz CT molecular complexity index is 951. The van der Waals surface area contributed by atoms with Crippen molar-refractivity contribution in [3.63, 3.8) is 0 Å². The number of carbonyl (C=O) groups excluding carboxylic acids is 1. The van der Waals surface area contributed by atoms with Crippen LogP contribution in [0.5, 0.6) is 0 Å². The molecule has 0 spiro atoms. The van der Waals surface area contributed by atoms with Crippen LogP contribution in [0, 0.1) is 11.6 Å². The topological polar surface area (TPSA) is 60.4 Å². The Morgan fingerprint density at radius 2 is 1.71 bits per heavy atom. The summed E-state index contributed by atoms with van der Waals surface area (Å²) in [5.41, 5.74) is -1.08. The molecule has 152 valence electrons. The zero-order valence-electron chi connectivity index (χ0n) is 15.7. The van der Waals surface area contributed by atoms with Crippen molar-refractivity contribution < 1.29 is 26.7 Å². The highest BCUT2D eigenvalue weighted by molar-refractivity contribution is 7.91. The summed E-state index contributed by atoms with van der Waals surface area (Å²) < 4.78 is 59.5. The van der Waals surface area contributed by atoms with E-state index in [1.54, 1.807) is 20.8 Å². The van der Waals surface area contributed by atoms with Gasteiger partial charge in [-0.05, 0) is 69.7 Å². The molecule has 1 unspecified atom stereocenters. The molecule has 8 heteroatoms. The lowest BCUT2D eigenvalue weighted by atomic mass is 10.1. The first-order chi connectivity index (χ1) is 12.9. The van der Waals surface area contributed by atoms with Crippen molar-refractivity contribution in [1.82, 2.24) is 0 Å². The normalized spacial score (nSPS) is 13.2. The van der Waals surface area contributed by atoms with Gasteiger partial charge in [0.25, 0.3) is 0 Å². The molecule has 0 saturated carbocycles. The van der Waals surface area contributed by atoms with Crippen LogP contribution in [0.15, 0.2) is 47.4 Å². The van der Waals surface area contributed by atoms with Gasteiger partial charge in [-0.3, -0.25) is 4.79 Å². The number of halogens is 3. The molecule has 0 aliphatic heterocycles. The number of benzene rings is 2. The highest BCUT2D eigenvalue weighted by atomic mass is 35.5. The number of sulfone groups is 1. The molecule has 0 saturated heterocycles. The third kappa shape index (κ3) is 5.75. The Morgan fingerprint density at radius 3 is 2.29 bits per heavy atom. The summed E-state index contributed by atoms with van der Waals surface area (Å²) in [5, 5.41) is -1.13. The van der Waals surface area contributed by atoms with Crippen LogP contribution in [0.3, 0.4) is 0 Å². The van der Waals surface area contributed by atoms with Crippen LogP contribution in [0.2, 0.25) is 5.02 Å². The van der Waals surface area contributed by atoms with Gasteiger partial charge >= 0.3 is 5.97 Å². The minimum Gasteiger partial charge on any atom is -0.460 e. The monoisotopic (exact) mass is 430 g/mol. The smallest absolute Gasteiger partial charge is 0.306 e. The number of rotatable bonds is 6. The van der Waals surface area contributed by atoms with Gasteiger partial charge in [0, 0.05) is 17.0 Å². The summed E-state index contributed by atoms with van der Waals surface area (Å²) in [7, 11) is -4.12. The molecule has 0 aliphatic rings. The second-order valence-corrected chi connectivity index (χ2v) is 9.85. The standard InChI is InChI=1S/C20H21ClF2O4S/c1-20(2,3)27-19(24)11-10-18(16-12-14(22)6-9-17(16)23)28(25,26)15-7-4-13(21)5-8-15/h4-9,12,18H,10-11H2,1-3H3. The Kier molecular flexibility index (Phi) is 6.83. The third-order valence-corrected chi connectivity index (χ3v) is 6.27. The van der Waals surface area contributed by atoms with Gasteiger partial charge in [-0.25, -0.2) is 17.2 Å². The SMILES string of the molecule is CC(C)(C)OC(=O)CCC(c1cc(F)ccc1F)S(=O)(=O)c1ccc(Cl)cc1. The molecule has 2 rings (SSSR count). The summed E-state index contributed by atoms with van der Waals surface area (Å²) in [4.78, 5) is 12.0. The second kappa shape index (κ2) is 8.57. The second-order valence-electron chi connectivity index (χ2n) is 7.28. The van der Waals surface area contributed by atoms with E-state index < -0.39 is 38.3 Å². The first-order valence-electron chi connectivity index (χ1n) is 8.56. The number of ether oxygens (including phenoxy) is 1. The number of carbonyl (C=O) groups is 1. The predicted octanol–water partition coefficient (Wildman–Crippen LogP) is 5.26. The van der Waals surface area contributed by atoms with Crippen LogP contribution in [-0.2, 0) is 19.4 Å². The Labute approximate surface area is 168 Å². The fourth-order valence-corrected chi connectivity index (χ4v) is 4.58. The molecular formula is C20H21ClF2O4S. The predicted molar refractivity (Wildman–Crippen MR) is 103 cm³/mol. The average molecular weight is 431 g/mol. The van der Waals surface area contributed by atoms with E-state index in [0.717, 1.165) is 18.2 Å². The molecule has 2 aromatic rings. The molecule has 28 heavy (non-hydrogen) atoms. The largest absolute Gasteiger partial charge is 0.460 e. The van der Waals surface area contributed by atoms with E-state index in [1.807, 2.05) is 0 Å². The van der Waals surface area contributed by atoms with Crippen molar-refractivity contribution in [1.29, 1.82) is 0 Å². The lowest BCUT2D eigenvalue weighted by Crippen LogP contribution is -2.25. The van der Waals surface area contributed by atoms with Gasteiger partial charge in [0.1, 0.15) is 17.2 Å². The maximum atomic E-state index is 14.4. The zero-order chi connectivity index (χ0) is 21.1. The number of esters is 1. The van der Waals surface area contributed by atoms with Crippen molar-refractivity contribution in [2.75, 3.05) is 0 Å². The molecule has 1 atom stereocenters. The van der Waals surface area contributed by atoms with Gasteiger partial charge in [-0.1, -0.05) is 11.6 Å². The Hall–Kier alpha value is -1.99. The maximum Gasteiger partial charge on any atom is 0.306 e. The lowest BCUT2D eigenvalue weighted by molar-refractivity contribution is -0.154. The van der Waals surface area contributed by atoms with Crippen molar-refractivity contribution in [2.45, 2.75) is 49.4 Å². The molecule has 0 aliphatic carbocycles. The summed E-state index contributed by atoms with van der Waals surface area (Å²) in [6, 6.07) is 7.96. The van der Waals surface area contributed by atoms with Gasteiger partial charge in [-0.2, -0.15) is 0 Å². The molecule has 0 fully saturated rings. The summed E-state index contributed by atoms with van der Waals surface area (Å²) in [6.07, 6.45) is -0.537. The van der Waals surface area contributed by atoms with Crippen LogP contribution in [0.4, 0.5) is 8.78 Å². The van der Waals surface area contributed by atoms with Gasteiger partial charge < -0.3 is 4.74 Å². The molecule has 0 N–H and O–H groups in total. The number of hydrogen-bond acceptors (Lipinski definition) is 4. The Morgan fingerprint density at radius 1 is 1.11 bits per heavy atom. The quantitative estimate of drug-likeness (QED) is 0.587. The van der Waals surface area contributed by atoms with Gasteiger partial charge in [0.05, 0.1) is 10.1 Å². The highest BCUT2D eigenvalue weighted by Crippen LogP contribution is 2.35. The molecule has 0 amide bonds. The molecule has 4 nitrogen and oxygen atoms in total. The minimum atomic E-state index is -4.12. The molecular weight excluding hydrogens is 410 g/mol. The van der Waals surface area contributed by atoms with Crippen molar-refractivity contribution >= 4 is 27.4 Å². The van der Waals surface area contributed by atoms with E-state index in [9.17, 15) is 22.0 Å². The van der Waals surface area contributed by atoms with Crippen LogP contribution >= 0.6 is 11.6 Å². The van der Waals surface area contributed by atoms with Crippen LogP contribution < -0.4 is 0 Å². The summed E-state index contributed by atoms with van der Waals surface area (Å²) >= 11 is 5.80. The highest BCUT2D eigenvalue weighted by Gasteiger charge is 2.32. The van der Waals surface area contributed by atoms with Crippen molar-refractivity contribution in [2.24, 2.45) is 0 Å². The fraction of sp³-hybridized carbons (Fsp3) is 0.350. The van der Waals surface area contributed by atoms with E-state index in [-0.39, 0.29) is 23.3 Å². The summed E-state index contributed by atoms with van der Waals surface area (Å²) in [5.74, 6) is -2.27. The molecule has 2 aromatic carbocycles. The van der Waals surface area contributed by atoms with Crippen molar-refractivity contribution in [3.8, 4) is 0 Å². The maximum absolute atomic E-state index is 14.4.